The molecule has 0 aromatic rings. The zero-order chi connectivity index (χ0) is 10.8. The second-order valence-electron chi connectivity index (χ2n) is 2.88. The van der Waals surface area contributed by atoms with E-state index in [4.69, 9.17) is 24.4 Å². The molecule has 0 bridgehead atoms. The van der Waals surface area contributed by atoms with E-state index >= 15 is 0 Å². The van der Waals surface area contributed by atoms with Crippen molar-refractivity contribution in [1.29, 1.82) is 0 Å². The minimum absolute atomic E-state index is 0. The topological polar surface area (TPSA) is 24.1 Å². The fourth-order valence-electron chi connectivity index (χ4n) is 0.994. The molecule has 0 aliphatic rings. The average Bonchev–Trinajstić information content (AvgIpc) is 2.08. The zero-order valence-electron chi connectivity index (χ0n) is 9.95. The minimum atomic E-state index is 0. The summed E-state index contributed by atoms with van der Waals surface area (Å²) in [5.41, 5.74) is 0. The molecule has 16 heavy (non-hydrogen) atoms. The number of thiocarbonyl (C=S) groups is 2. The summed E-state index contributed by atoms with van der Waals surface area (Å²) in [6, 6.07) is 0. The van der Waals surface area contributed by atoms with Crippen molar-refractivity contribution in [1.82, 2.24) is 10.6 Å². The van der Waals surface area contributed by atoms with E-state index in [9.17, 15) is 0 Å². The first-order valence-electron chi connectivity index (χ1n) is 4.56. The Kier molecular flexibility index (Phi) is 25.7. The van der Waals surface area contributed by atoms with Crippen LogP contribution in [0.2, 0.25) is 0 Å². The van der Waals surface area contributed by atoms with Gasteiger partial charge in [-0.2, -0.15) is 0 Å². The van der Waals surface area contributed by atoms with Gasteiger partial charge in [-0.05, 0) is 12.8 Å². The maximum absolute atomic E-state index is 4.76. The van der Waals surface area contributed by atoms with Crippen molar-refractivity contribution >= 4 is 117 Å². The van der Waals surface area contributed by atoms with Crippen LogP contribution in [0.15, 0.2) is 0 Å². The summed E-state index contributed by atoms with van der Waals surface area (Å²) in [5.74, 6) is 0. The molecule has 0 heterocycles. The van der Waals surface area contributed by atoms with Crippen molar-refractivity contribution in [2.45, 2.75) is 25.7 Å². The molecule has 0 saturated heterocycles. The summed E-state index contributed by atoms with van der Waals surface area (Å²) in [4.78, 5) is 0. The zero-order valence-corrected chi connectivity index (χ0v) is 17.4. The maximum Gasteiger partial charge on any atom is 0.130 e. The molecular weight excluding hydrogens is 298 g/mol. The smallest absolute Gasteiger partial charge is 0.130 e. The molecule has 84 valence electrons. The van der Waals surface area contributed by atoms with Gasteiger partial charge in [0.1, 0.15) is 8.64 Å². The van der Waals surface area contributed by atoms with Gasteiger partial charge in [0.2, 0.25) is 0 Å². The van der Waals surface area contributed by atoms with Crippen LogP contribution in [0.5, 0.6) is 0 Å². The van der Waals surface area contributed by atoms with Crippen LogP contribution in [-0.4, -0.2) is 80.8 Å². The summed E-state index contributed by atoms with van der Waals surface area (Å²) in [7, 11) is 0. The molecule has 0 unspecified atom stereocenters. The van der Waals surface area contributed by atoms with Crippen LogP contribution in [0.25, 0.3) is 0 Å². The first-order valence-corrected chi connectivity index (χ1v) is 6.27. The Morgan fingerprint density at radius 2 is 1.06 bits per heavy atom. The van der Waals surface area contributed by atoms with E-state index in [2.05, 4.69) is 35.9 Å². The average molecular weight is 314 g/mol. The number of hydrogen-bond donors (Lipinski definition) is 4. The van der Waals surface area contributed by atoms with Gasteiger partial charge >= 0.3 is 0 Å². The summed E-state index contributed by atoms with van der Waals surface area (Å²) < 4.78 is 1.15. The summed E-state index contributed by atoms with van der Waals surface area (Å²) in [6.45, 7) is 1.83. The van der Waals surface area contributed by atoms with Crippen molar-refractivity contribution in [2.75, 3.05) is 13.1 Å². The van der Waals surface area contributed by atoms with Gasteiger partial charge in [0.25, 0.3) is 0 Å². The third kappa shape index (κ3) is 21.7. The van der Waals surface area contributed by atoms with Gasteiger partial charge in [-0.15, -0.1) is 25.3 Å². The summed E-state index contributed by atoms with van der Waals surface area (Å²) >= 11 is 17.5. The van der Waals surface area contributed by atoms with Crippen LogP contribution in [0.1, 0.15) is 25.7 Å². The van der Waals surface area contributed by atoms with Gasteiger partial charge in [0.05, 0.1) is 0 Å². The number of rotatable bonds is 7. The molecule has 8 heteroatoms. The monoisotopic (exact) mass is 314 g/mol. The van der Waals surface area contributed by atoms with Gasteiger partial charge in [-0.1, -0.05) is 37.3 Å². The number of hydrogen-bond acceptors (Lipinski definition) is 2. The fourth-order valence-corrected chi connectivity index (χ4v) is 1.42. The SMILES string of the molecule is S=C(S)NCCCCCCNC(=S)S.[Na].[Na]. The van der Waals surface area contributed by atoms with E-state index in [-0.39, 0.29) is 59.1 Å². The van der Waals surface area contributed by atoms with Crippen molar-refractivity contribution in [3.05, 3.63) is 0 Å². The van der Waals surface area contributed by atoms with E-state index in [0.717, 1.165) is 25.9 Å². The Labute approximate surface area is 164 Å². The fraction of sp³-hybridized carbons (Fsp3) is 0.750. The molecule has 2 N–H and O–H groups in total. The van der Waals surface area contributed by atoms with E-state index in [1.807, 2.05) is 0 Å². The van der Waals surface area contributed by atoms with Crippen LogP contribution in [-0.2, 0) is 0 Å². The van der Waals surface area contributed by atoms with Crippen molar-refractivity contribution in [3.8, 4) is 0 Å². The molecule has 2 nitrogen and oxygen atoms in total. The number of unbranched alkanes of at least 4 members (excludes halogenated alkanes) is 3. The number of thiol groups is 2. The molecule has 0 rings (SSSR count). The molecule has 2 radical (unpaired) electrons. The molecule has 0 saturated carbocycles. The predicted molar refractivity (Wildman–Crippen MR) is 89.1 cm³/mol. The van der Waals surface area contributed by atoms with Gasteiger partial charge in [-0.25, -0.2) is 0 Å². The normalized spacial score (nSPS) is 8.38. The van der Waals surface area contributed by atoms with Crippen molar-refractivity contribution < 1.29 is 0 Å². The maximum atomic E-state index is 4.76. The first kappa shape index (κ1) is 23.6. The summed E-state index contributed by atoms with van der Waals surface area (Å²) in [6.07, 6.45) is 4.66. The van der Waals surface area contributed by atoms with Gasteiger partial charge in [0.15, 0.2) is 0 Å². The summed E-state index contributed by atoms with van der Waals surface area (Å²) in [5, 5.41) is 6.00. The first-order chi connectivity index (χ1) is 6.63. The van der Waals surface area contributed by atoms with E-state index in [1.54, 1.807) is 0 Å². The Morgan fingerprint density at radius 3 is 1.31 bits per heavy atom. The van der Waals surface area contributed by atoms with E-state index in [0.29, 0.717) is 8.64 Å². The molecular formula is C8H16N2Na2S4. The Hall–Kier alpha value is 2.48. The molecule has 0 fully saturated rings. The Bertz CT molecular complexity index is 173. The van der Waals surface area contributed by atoms with Gasteiger partial charge in [0, 0.05) is 72.2 Å². The largest absolute Gasteiger partial charge is 0.371 e. The van der Waals surface area contributed by atoms with Crippen LogP contribution >= 0.6 is 49.7 Å². The van der Waals surface area contributed by atoms with Crippen molar-refractivity contribution in [3.63, 3.8) is 0 Å². The second-order valence-corrected chi connectivity index (χ2v) is 5.19. The predicted octanol–water partition coefficient (Wildman–Crippen LogP) is 1.39. The molecule has 0 aliphatic carbocycles. The molecule has 0 aromatic carbocycles. The van der Waals surface area contributed by atoms with Crippen LogP contribution in [0, 0.1) is 0 Å². The molecule has 0 spiro atoms. The van der Waals surface area contributed by atoms with Crippen LogP contribution in [0.3, 0.4) is 0 Å². The minimum Gasteiger partial charge on any atom is -0.371 e. The second kappa shape index (κ2) is 17.5. The third-order valence-corrected chi connectivity index (χ3v) is 2.26. The molecule has 0 aliphatic heterocycles. The van der Waals surface area contributed by atoms with Crippen LogP contribution < -0.4 is 10.6 Å². The Balaban J connectivity index is -0.000000845. The van der Waals surface area contributed by atoms with Gasteiger partial charge in [-0.3, -0.25) is 0 Å². The third-order valence-electron chi connectivity index (χ3n) is 1.66. The standard InChI is InChI=1S/C8H16N2S4.2Na/c11-7(12)9-5-3-1-2-4-6-10-8(13)14;;/h1-6H2,(H2,9,11,12)(H2,10,13,14);;. The van der Waals surface area contributed by atoms with Crippen molar-refractivity contribution in [2.24, 2.45) is 0 Å². The Morgan fingerprint density at radius 1 is 0.750 bits per heavy atom. The molecule has 0 atom stereocenters. The molecule has 0 amide bonds. The van der Waals surface area contributed by atoms with E-state index in [1.165, 1.54) is 12.8 Å². The van der Waals surface area contributed by atoms with E-state index < -0.39 is 0 Å². The van der Waals surface area contributed by atoms with Crippen LogP contribution in [0.4, 0.5) is 0 Å². The molecule has 0 aromatic heterocycles. The quantitative estimate of drug-likeness (QED) is 0.247. The van der Waals surface area contributed by atoms with Gasteiger partial charge < -0.3 is 10.6 Å². The number of nitrogens with one attached hydrogen (secondary N) is 2.